The van der Waals surface area contributed by atoms with Gasteiger partial charge in [-0.2, -0.15) is 0 Å². The van der Waals surface area contributed by atoms with Gasteiger partial charge in [0.15, 0.2) is 0 Å². The summed E-state index contributed by atoms with van der Waals surface area (Å²) in [7, 11) is 0. The van der Waals surface area contributed by atoms with Crippen LogP contribution in [0.5, 0.6) is 0 Å². The van der Waals surface area contributed by atoms with Gasteiger partial charge in [0.2, 0.25) is 5.91 Å². The van der Waals surface area contributed by atoms with E-state index in [1.807, 2.05) is 30.3 Å². The van der Waals surface area contributed by atoms with Crippen LogP contribution in [-0.2, 0) is 10.5 Å². The number of nitrogens with two attached hydrogens (primary N) is 1. The Morgan fingerprint density at radius 3 is 2.29 bits per heavy atom. The van der Waals surface area contributed by atoms with Crippen LogP contribution in [0, 0.1) is 0 Å². The number of hydrogen-bond acceptors (Lipinski definition) is 3. The molecule has 2 rings (SSSR count). The van der Waals surface area contributed by atoms with E-state index in [0.29, 0.717) is 0 Å². The van der Waals surface area contributed by atoms with Crippen LogP contribution >= 0.6 is 11.8 Å². The molecule has 1 amide bonds. The minimum atomic E-state index is -0.751. The predicted octanol–water partition coefficient (Wildman–Crippen LogP) is 3.65. The fourth-order valence-electron chi connectivity index (χ4n) is 1.80. The normalized spacial score (nSPS) is 11.1. The van der Waals surface area contributed by atoms with Crippen molar-refractivity contribution in [2.45, 2.75) is 30.0 Å². The van der Waals surface area contributed by atoms with Crippen molar-refractivity contribution in [3.8, 4) is 0 Å². The molecule has 4 heteroatoms. The summed E-state index contributed by atoms with van der Waals surface area (Å²) in [5.41, 5.74) is 6.80. The van der Waals surface area contributed by atoms with Crippen molar-refractivity contribution in [1.82, 2.24) is 0 Å². The van der Waals surface area contributed by atoms with Gasteiger partial charge in [-0.15, -0.1) is 11.8 Å². The number of carbonyl (C=O) groups is 1. The highest BCUT2D eigenvalue weighted by Gasteiger charge is 2.24. The predicted molar refractivity (Wildman–Crippen MR) is 89.3 cm³/mol. The van der Waals surface area contributed by atoms with E-state index < -0.39 is 5.54 Å². The maximum Gasteiger partial charge on any atom is 0.242 e. The third kappa shape index (κ3) is 4.53. The van der Waals surface area contributed by atoms with Gasteiger partial charge in [-0.1, -0.05) is 30.3 Å². The van der Waals surface area contributed by atoms with E-state index in [2.05, 4.69) is 29.6 Å². The van der Waals surface area contributed by atoms with Crippen LogP contribution in [0.2, 0.25) is 0 Å². The molecule has 0 radical (unpaired) electrons. The maximum atomic E-state index is 11.3. The molecule has 0 saturated carbocycles. The molecule has 0 atom stereocenters. The Morgan fingerprint density at radius 1 is 1.10 bits per heavy atom. The molecule has 0 aliphatic carbocycles. The lowest BCUT2D eigenvalue weighted by molar-refractivity contribution is -0.121. The van der Waals surface area contributed by atoms with Crippen molar-refractivity contribution in [3.63, 3.8) is 0 Å². The Morgan fingerprint density at radius 2 is 1.71 bits per heavy atom. The highest BCUT2D eigenvalue weighted by Crippen LogP contribution is 2.25. The Hall–Kier alpha value is -1.94. The average Bonchev–Trinajstić information content (AvgIpc) is 2.47. The second-order valence-corrected chi connectivity index (χ2v) is 6.46. The summed E-state index contributed by atoms with van der Waals surface area (Å²) in [6.07, 6.45) is 0. The summed E-state index contributed by atoms with van der Waals surface area (Å²) in [4.78, 5) is 12.5. The van der Waals surface area contributed by atoms with Crippen LogP contribution in [0.1, 0.15) is 19.4 Å². The van der Waals surface area contributed by atoms with Crippen molar-refractivity contribution < 1.29 is 4.79 Å². The van der Waals surface area contributed by atoms with Crippen molar-refractivity contribution >= 4 is 23.4 Å². The van der Waals surface area contributed by atoms with Gasteiger partial charge < -0.3 is 11.1 Å². The molecule has 0 unspecified atom stereocenters. The lowest BCUT2D eigenvalue weighted by atomic mass is 10.0. The summed E-state index contributed by atoms with van der Waals surface area (Å²) in [5.74, 6) is 0.574. The summed E-state index contributed by atoms with van der Waals surface area (Å²) in [5, 5.41) is 3.13. The Kier molecular flexibility index (Phi) is 4.91. The summed E-state index contributed by atoms with van der Waals surface area (Å²) in [6, 6.07) is 18.4. The smallest absolute Gasteiger partial charge is 0.242 e. The fourth-order valence-corrected chi connectivity index (χ4v) is 2.65. The van der Waals surface area contributed by atoms with Crippen LogP contribution in [0.4, 0.5) is 5.69 Å². The molecule has 0 aromatic heterocycles. The van der Waals surface area contributed by atoms with Gasteiger partial charge in [0.25, 0.3) is 0 Å². The molecule has 3 N–H and O–H groups in total. The zero-order valence-electron chi connectivity index (χ0n) is 12.3. The molecule has 0 heterocycles. The van der Waals surface area contributed by atoms with Gasteiger partial charge >= 0.3 is 0 Å². The molecule has 3 nitrogen and oxygen atoms in total. The largest absolute Gasteiger partial charge is 0.372 e. The number of amides is 1. The third-order valence-corrected chi connectivity index (χ3v) is 4.26. The molecular formula is C17H20N2OS. The van der Waals surface area contributed by atoms with E-state index in [1.54, 1.807) is 25.6 Å². The molecule has 2 aromatic rings. The molecule has 0 saturated heterocycles. The number of nitrogens with one attached hydrogen (secondary N) is 1. The fraction of sp³-hybridized carbons (Fsp3) is 0.235. The number of carbonyl (C=O) groups excluding carboxylic acids is 1. The van der Waals surface area contributed by atoms with Crippen molar-refractivity contribution in [3.05, 3.63) is 60.2 Å². The Labute approximate surface area is 129 Å². The summed E-state index contributed by atoms with van der Waals surface area (Å²) < 4.78 is 0. The highest BCUT2D eigenvalue weighted by atomic mass is 32.2. The number of thioether (sulfide) groups is 1. The molecule has 0 fully saturated rings. The monoisotopic (exact) mass is 300 g/mol. The van der Waals surface area contributed by atoms with Crippen LogP contribution in [0.25, 0.3) is 0 Å². The first-order valence-corrected chi connectivity index (χ1v) is 7.81. The number of anilines is 1. The molecule has 2 aromatic carbocycles. The summed E-state index contributed by atoms with van der Waals surface area (Å²) in [6.45, 7) is 3.54. The molecule has 0 bridgehead atoms. The first-order valence-electron chi connectivity index (χ1n) is 6.82. The maximum absolute atomic E-state index is 11.3. The summed E-state index contributed by atoms with van der Waals surface area (Å²) >= 11 is 1.79. The van der Waals surface area contributed by atoms with E-state index >= 15 is 0 Å². The van der Waals surface area contributed by atoms with E-state index in [9.17, 15) is 4.79 Å². The number of hydrogen-bond donors (Lipinski definition) is 2. The topological polar surface area (TPSA) is 55.1 Å². The van der Waals surface area contributed by atoms with Crippen LogP contribution in [0.15, 0.2) is 59.5 Å². The van der Waals surface area contributed by atoms with Crippen molar-refractivity contribution in [2.75, 3.05) is 5.32 Å². The molecule has 0 spiro atoms. The molecule has 0 aliphatic rings. The molecule has 21 heavy (non-hydrogen) atoms. The lowest BCUT2D eigenvalue weighted by Gasteiger charge is -2.23. The van der Waals surface area contributed by atoms with Crippen molar-refractivity contribution in [2.24, 2.45) is 5.73 Å². The minimum absolute atomic E-state index is 0.370. The van der Waals surface area contributed by atoms with Gasteiger partial charge in [-0.25, -0.2) is 0 Å². The zero-order valence-corrected chi connectivity index (χ0v) is 13.1. The zero-order chi connectivity index (χ0) is 15.3. The van der Waals surface area contributed by atoms with Gasteiger partial charge in [0, 0.05) is 16.3 Å². The van der Waals surface area contributed by atoms with E-state index in [0.717, 1.165) is 11.4 Å². The lowest BCUT2D eigenvalue weighted by Crippen LogP contribution is -2.44. The second kappa shape index (κ2) is 6.68. The minimum Gasteiger partial charge on any atom is -0.372 e. The Bertz CT molecular complexity index is 594. The van der Waals surface area contributed by atoms with E-state index in [-0.39, 0.29) is 5.91 Å². The molecular weight excluding hydrogens is 280 g/mol. The van der Waals surface area contributed by atoms with E-state index in [4.69, 9.17) is 5.73 Å². The quantitative estimate of drug-likeness (QED) is 0.801. The highest BCUT2D eigenvalue weighted by molar-refractivity contribution is 7.98. The van der Waals surface area contributed by atoms with Gasteiger partial charge in [0.1, 0.15) is 5.54 Å². The Balaban J connectivity index is 1.95. The van der Waals surface area contributed by atoms with Gasteiger partial charge in [-0.3, -0.25) is 4.79 Å². The number of rotatable bonds is 6. The third-order valence-electron chi connectivity index (χ3n) is 3.18. The molecule has 110 valence electrons. The number of benzene rings is 2. The first kappa shape index (κ1) is 15.4. The molecule has 0 aliphatic heterocycles. The SMILES string of the molecule is CC(C)(Nc1ccc(SCc2ccccc2)cc1)C(N)=O. The average molecular weight is 300 g/mol. The second-order valence-electron chi connectivity index (χ2n) is 5.41. The van der Waals surface area contributed by atoms with Crippen LogP contribution < -0.4 is 11.1 Å². The standard InChI is InChI=1S/C17H20N2OS/c1-17(2,16(18)20)19-14-8-10-15(11-9-14)21-12-13-6-4-3-5-7-13/h3-11,19H,12H2,1-2H3,(H2,18,20). The van der Waals surface area contributed by atoms with Crippen LogP contribution in [0.3, 0.4) is 0 Å². The first-order chi connectivity index (χ1) is 9.97. The number of primary amides is 1. The van der Waals surface area contributed by atoms with Gasteiger partial charge in [-0.05, 0) is 43.7 Å². The van der Waals surface area contributed by atoms with Crippen LogP contribution in [-0.4, -0.2) is 11.4 Å². The van der Waals surface area contributed by atoms with Crippen molar-refractivity contribution in [1.29, 1.82) is 0 Å². The van der Waals surface area contributed by atoms with Gasteiger partial charge in [0.05, 0.1) is 0 Å². The van der Waals surface area contributed by atoms with E-state index in [1.165, 1.54) is 10.5 Å².